The average molecular weight is 225 g/mol. The third kappa shape index (κ3) is 2.80. The van der Waals surface area contributed by atoms with Gasteiger partial charge in [0.25, 0.3) is 0 Å². The van der Waals surface area contributed by atoms with Gasteiger partial charge >= 0.3 is 25.8 Å². The number of benzene rings is 1. The summed E-state index contributed by atoms with van der Waals surface area (Å²) in [7, 11) is 3.26. The molecule has 0 aromatic heterocycles. The molecule has 0 atom stereocenters. The van der Waals surface area contributed by atoms with Crippen molar-refractivity contribution in [3.8, 4) is 5.75 Å². The molecule has 0 unspecified atom stereocenters. The SMILES string of the molecule is [CH2]Oc1ccccc1.[InH3]. The van der Waals surface area contributed by atoms with Gasteiger partial charge in [0.2, 0.25) is 0 Å². The van der Waals surface area contributed by atoms with Gasteiger partial charge in [0.05, 0.1) is 0 Å². The van der Waals surface area contributed by atoms with Crippen LogP contribution >= 0.6 is 0 Å². The number of hydrogen-bond acceptors (Lipinski definition) is 1. The molecular weight excluding hydrogens is 215 g/mol. The zero-order valence-electron chi connectivity index (χ0n) is 4.50. The van der Waals surface area contributed by atoms with Gasteiger partial charge in [-0.1, -0.05) is 18.2 Å². The Morgan fingerprint density at radius 1 is 1.11 bits per heavy atom. The maximum atomic E-state index is 4.66. The van der Waals surface area contributed by atoms with Crippen LogP contribution in [0.3, 0.4) is 0 Å². The second-order valence-corrected chi connectivity index (χ2v) is 1.46. The Kier molecular flexibility index (Phi) is 4.68. The van der Waals surface area contributed by atoms with E-state index in [1.807, 2.05) is 30.3 Å². The van der Waals surface area contributed by atoms with E-state index in [-0.39, 0.29) is 25.8 Å². The van der Waals surface area contributed by atoms with Crippen LogP contribution in [0.4, 0.5) is 0 Å². The first-order chi connectivity index (χ1) is 3.93. The maximum absolute atomic E-state index is 4.66. The molecule has 1 rings (SSSR count). The molecule has 0 spiro atoms. The van der Waals surface area contributed by atoms with Crippen LogP contribution in [0.5, 0.6) is 5.75 Å². The number of rotatable bonds is 1. The number of ether oxygens (including phenoxy) is 1. The fraction of sp³-hybridized carbons (Fsp3) is 0. The van der Waals surface area contributed by atoms with Crippen LogP contribution in [0.2, 0.25) is 0 Å². The summed E-state index contributed by atoms with van der Waals surface area (Å²) in [6, 6.07) is 9.45. The second kappa shape index (κ2) is 4.74. The molecule has 0 bridgehead atoms. The van der Waals surface area contributed by atoms with E-state index < -0.39 is 0 Å². The first-order valence-corrected chi connectivity index (χ1v) is 2.40. The summed E-state index contributed by atoms with van der Waals surface area (Å²) in [5.74, 6) is 0.799. The van der Waals surface area contributed by atoms with Crippen molar-refractivity contribution in [1.82, 2.24) is 0 Å². The van der Waals surface area contributed by atoms with E-state index in [2.05, 4.69) is 11.8 Å². The van der Waals surface area contributed by atoms with E-state index in [0.717, 1.165) is 5.75 Å². The van der Waals surface area contributed by atoms with Gasteiger partial charge in [-0.05, 0) is 12.1 Å². The van der Waals surface area contributed by atoms with E-state index in [4.69, 9.17) is 0 Å². The van der Waals surface area contributed by atoms with Gasteiger partial charge in [-0.2, -0.15) is 0 Å². The van der Waals surface area contributed by atoms with Crippen molar-refractivity contribution in [1.29, 1.82) is 0 Å². The topological polar surface area (TPSA) is 9.23 Å². The molecule has 47 valence electrons. The van der Waals surface area contributed by atoms with Crippen LogP contribution < -0.4 is 4.74 Å². The molecule has 0 aliphatic carbocycles. The summed E-state index contributed by atoms with van der Waals surface area (Å²) < 4.78 is 4.66. The molecular formula is C7H10InO. The summed E-state index contributed by atoms with van der Waals surface area (Å²) in [6.07, 6.45) is 0. The van der Waals surface area contributed by atoms with Crippen LogP contribution in [0.25, 0.3) is 0 Å². The van der Waals surface area contributed by atoms with E-state index in [0.29, 0.717) is 0 Å². The van der Waals surface area contributed by atoms with Crippen LogP contribution in [-0.4, -0.2) is 25.8 Å². The molecule has 0 saturated heterocycles. The summed E-state index contributed by atoms with van der Waals surface area (Å²) in [6.45, 7) is 0. The van der Waals surface area contributed by atoms with Crippen molar-refractivity contribution in [2.45, 2.75) is 0 Å². The minimum atomic E-state index is 0. The summed E-state index contributed by atoms with van der Waals surface area (Å²) in [5, 5.41) is 0. The van der Waals surface area contributed by atoms with Crippen molar-refractivity contribution < 1.29 is 4.74 Å². The van der Waals surface area contributed by atoms with Crippen LogP contribution in [-0.2, 0) is 0 Å². The predicted octanol–water partition coefficient (Wildman–Crippen LogP) is 0.673. The summed E-state index contributed by atoms with van der Waals surface area (Å²) >= 11 is 0. The molecule has 9 heavy (non-hydrogen) atoms. The van der Waals surface area contributed by atoms with Crippen molar-refractivity contribution in [2.24, 2.45) is 0 Å². The fourth-order valence-corrected chi connectivity index (χ4v) is 0.517. The van der Waals surface area contributed by atoms with Crippen molar-refractivity contribution in [2.75, 3.05) is 0 Å². The zero-order valence-corrected chi connectivity index (χ0v) is 4.50. The Bertz CT molecular complexity index is 150. The molecule has 0 fully saturated rings. The standard InChI is InChI=1S/C7H7O.In.3H/c1-8-7-5-3-2-4-6-7;;;;/h2-6H,1H2;;;;. The number of para-hydroxylation sites is 1. The monoisotopic (exact) mass is 225 g/mol. The van der Waals surface area contributed by atoms with Gasteiger partial charge in [-0.25, -0.2) is 0 Å². The Morgan fingerprint density at radius 2 is 1.67 bits per heavy atom. The van der Waals surface area contributed by atoms with Gasteiger partial charge in [0.15, 0.2) is 0 Å². The van der Waals surface area contributed by atoms with E-state index in [9.17, 15) is 0 Å². The first-order valence-electron chi connectivity index (χ1n) is 2.40. The molecule has 1 nitrogen and oxygen atoms in total. The zero-order chi connectivity index (χ0) is 5.82. The molecule has 0 heterocycles. The molecule has 2 heteroatoms. The molecule has 0 N–H and O–H groups in total. The molecule has 1 aromatic carbocycles. The number of hydrogen-bond donors (Lipinski definition) is 0. The Balaban J connectivity index is 0.000000640. The van der Waals surface area contributed by atoms with Crippen LogP contribution in [0, 0.1) is 7.11 Å². The first kappa shape index (κ1) is 8.89. The third-order valence-electron chi connectivity index (χ3n) is 0.910. The van der Waals surface area contributed by atoms with E-state index in [1.54, 1.807) is 0 Å². The molecule has 0 amide bonds. The Labute approximate surface area is 73.8 Å². The second-order valence-electron chi connectivity index (χ2n) is 1.46. The normalized spacial score (nSPS) is 7.67. The molecule has 0 aliphatic rings. The summed E-state index contributed by atoms with van der Waals surface area (Å²) in [5.41, 5.74) is 0. The molecule has 0 saturated carbocycles. The molecule has 0 aliphatic heterocycles. The quantitative estimate of drug-likeness (QED) is 0.682. The van der Waals surface area contributed by atoms with Crippen molar-refractivity contribution in [3.05, 3.63) is 37.4 Å². The fourth-order valence-electron chi connectivity index (χ4n) is 0.517. The molecule has 1 radical (unpaired) electrons. The van der Waals surface area contributed by atoms with Gasteiger partial charge in [-0.15, -0.1) is 0 Å². The predicted molar refractivity (Wildman–Crippen MR) is 42.4 cm³/mol. The van der Waals surface area contributed by atoms with E-state index >= 15 is 0 Å². The van der Waals surface area contributed by atoms with Gasteiger partial charge in [0, 0.05) is 0 Å². The minimum absolute atomic E-state index is 0. The van der Waals surface area contributed by atoms with Crippen molar-refractivity contribution >= 4 is 25.8 Å². The Hall–Kier alpha value is -0.110. The van der Waals surface area contributed by atoms with Crippen LogP contribution in [0.1, 0.15) is 0 Å². The van der Waals surface area contributed by atoms with E-state index in [1.165, 1.54) is 0 Å². The van der Waals surface area contributed by atoms with Gasteiger partial charge < -0.3 is 4.74 Å². The Morgan fingerprint density at radius 3 is 2.00 bits per heavy atom. The van der Waals surface area contributed by atoms with Gasteiger partial charge in [0.1, 0.15) is 12.9 Å². The molecule has 1 aromatic rings. The third-order valence-corrected chi connectivity index (χ3v) is 0.910. The van der Waals surface area contributed by atoms with Gasteiger partial charge in [-0.3, -0.25) is 0 Å². The van der Waals surface area contributed by atoms with Crippen molar-refractivity contribution in [3.63, 3.8) is 0 Å². The average Bonchev–Trinajstić information content (AvgIpc) is 1.90. The van der Waals surface area contributed by atoms with Crippen LogP contribution in [0.15, 0.2) is 30.3 Å². The summed E-state index contributed by atoms with van der Waals surface area (Å²) in [4.78, 5) is 0.